The minimum Gasteiger partial charge on any atom is -0.387 e. The highest BCUT2D eigenvalue weighted by molar-refractivity contribution is 7.80. The molecule has 0 bridgehead atoms. The Bertz CT molecular complexity index is 500. The van der Waals surface area contributed by atoms with Crippen molar-refractivity contribution in [2.24, 2.45) is 5.73 Å². The lowest BCUT2D eigenvalue weighted by Gasteiger charge is -1.96. The van der Waals surface area contributed by atoms with Crippen LogP contribution in [0, 0.1) is 0 Å². The van der Waals surface area contributed by atoms with Crippen molar-refractivity contribution in [1.82, 2.24) is 24.5 Å². The van der Waals surface area contributed by atoms with E-state index >= 15 is 0 Å². The van der Waals surface area contributed by atoms with Crippen LogP contribution in [0.4, 0.5) is 0 Å². The van der Waals surface area contributed by atoms with Crippen molar-refractivity contribution >= 4 is 17.2 Å². The Morgan fingerprint density at radius 3 is 2.88 bits per heavy atom. The summed E-state index contributed by atoms with van der Waals surface area (Å²) in [6.07, 6.45) is 5.39. The first-order valence-corrected chi connectivity index (χ1v) is 5.30. The monoisotopic (exact) mass is 236 g/mol. The number of aromatic nitrogens is 5. The fraction of sp³-hybridized carbons (Fsp3) is 0.333. The van der Waals surface area contributed by atoms with Gasteiger partial charge in [-0.2, -0.15) is 5.10 Å². The molecule has 0 aliphatic rings. The first kappa shape index (κ1) is 10.7. The highest BCUT2D eigenvalue weighted by Crippen LogP contribution is 2.01. The summed E-state index contributed by atoms with van der Waals surface area (Å²) in [4.78, 5) is 4.21. The molecule has 0 amide bonds. The number of hydrogen-bond donors (Lipinski definition) is 1. The Kier molecular flexibility index (Phi) is 2.95. The van der Waals surface area contributed by atoms with Crippen LogP contribution in [0.2, 0.25) is 0 Å². The molecule has 0 aliphatic heterocycles. The molecule has 2 heterocycles. The quantitative estimate of drug-likeness (QED) is 0.766. The third-order valence-corrected chi connectivity index (χ3v) is 2.29. The van der Waals surface area contributed by atoms with Gasteiger partial charge >= 0.3 is 0 Å². The molecule has 0 saturated heterocycles. The Balaban J connectivity index is 2.11. The summed E-state index contributed by atoms with van der Waals surface area (Å²) in [7, 11) is 0. The molecule has 0 aromatic carbocycles. The molecule has 2 aromatic rings. The molecule has 0 saturated carbocycles. The lowest BCUT2D eigenvalue weighted by Crippen LogP contribution is -2.12. The van der Waals surface area contributed by atoms with Gasteiger partial charge in [-0.25, -0.2) is 9.67 Å². The number of nitrogens with two attached hydrogens (primary N) is 1. The van der Waals surface area contributed by atoms with Crippen molar-refractivity contribution in [3.8, 4) is 0 Å². The highest BCUT2D eigenvalue weighted by atomic mass is 32.1. The fourth-order valence-corrected chi connectivity index (χ4v) is 1.43. The van der Waals surface area contributed by atoms with Gasteiger partial charge in [0.1, 0.15) is 11.3 Å². The summed E-state index contributed by atoms with van der Waals surface area (Å²) in [5.41, 5.74) is 6.49. The molecule has 0 radical (unpaired) electrons. The smallest absolute Gasteiger partial charge is 0.208 e. The second-order valence-electron chi connectivity index (χ2n) is 3.33. The molecule has 2 aromatic heterocycles. The standard InChI is InChI=1S/C9H12N6S/c1-2-14-4-7(3-12-14)5-15-6-11-9(13-15)8(10)16/h3-4,6H,2,5H2,1H3,(H2,10,16). The number of thiocarbonyl (C=S) groups is 1. The Hall–Kier alpha value is -1.76. The third-order valence-electron chi connectivity index (χ3n) is 2.11. The van der Waals surface area contributed by atoms with E-state index in [4.69, 9.17) is 18.0 Å². The van der Waals surface area contributed by atoms with Crippen LogP contribution >= 0.6 is 12.2 Å². The predicted octanol–water partition coefficient (Wildman–Crippen LogP) is 0.177. The molecule has 16 heavy (non-hydrogen) atoms. The van der Waals surface area contributed by atoms with Gasteiger partial charge in [-0.1, -0.05) is 12.2 Å². The molecule has 7 heteroatoms. The molecular formula is C9H12N6S. The first-order chi connectivity index (χ1) is 7.69. The molecule has 0 unspecified atom stereocenters. The largest absolute Gasteiger partial charge is 0.387 e. The van der Waals surface area contributed by atoms with E-state index in [1.165, 1.54) is 0 Å². The van der Waals surface area contributed by atoms with Crippen LogP contribution in [0.5, 0.6) is 0 Å². The van der Waals surface area contributed by atoms with E-state index in [1.54, 1.807) is 11.0 Å². The molecule has 84 valence electrons. The summed E-state index contributed by atoms with van der Waals surface area (Å²) < 4.78 is 3.55. The van der Waals surface area contributed by atoms with Crippen molar-refractivity contribution < 1.29 is 0 Å². The van der Waals surface area contributed by atoms with Crippen molar-refractivity contribution in [2.75, 3.05) is 0 Å². The molecule has 0 atom stereocenters. The SMILES string of the molecule is CCn1cc(Cn2cnc(C(N)=S)n2)cn1. The molecule has 0 aliphatic carbocycles. The van der Waals surface area contributed by atoms with Gasteiger partial charge in [0.25, 0.3) is 0 Å². The van der Waals surface area contributed by atoms with Crippen LogP contribution in [0.3, 0.4) is 0 Å². The number of aryl methyl sites for hydroxylation is 1. The van der Waals surface area contributed by atoms with Crippen LogP contribution in [0.25, 0.3) is 0 Å². The summed E-state index contributed by atoms with van der Waals surface area (Å²) in [5, 5.41) is 8.32. The van der Waals surface area contributed by atoms with Gasteiger partial charge in [-0.15, -0.1) is 5.10 Å². The van der Waals surface area contributed by atoms with Crippen molar-refractivity contribution in [3.05, 3.63) is 30.1 Å². The van der Waals surface area contributed by atoms with Gasteiger partial charge in [0.2, 0.25) is 5.82 Å². The maximum Gasteiger partial charge on any atom is 0.208 e. The second kappa shape index (κ2) is 4.40. The Morgan fingerprint density at radius 1 is 1.50 bits per heavy atom. The zero-order chi connectivity index (χ0) is 11.5. The summed E-state index contributed by atoms with van der Waals surface area (Å²) in [6.45, 7) is 3.52. The number of rotatable bonds is 4. The van der Waals surface area contributed by atoms with Crippen molar-refractivity contribution in [3.63, 3.8) is 0 Å². The zero-order valence-corrected chi connectivity index (χ0v) is 9.68. The van der Waals surface area contributed by atoms with Gasteiger partial charge in [-0.3, -0.25) is 4.68 Å². The van der Waals surface area contributed by atoms with E-state index in [-0.39, 0.29) is 4.99 Å². The first-order valence-electron chi connectivity index (χ1n) is 4.89. The lowest BCUT2D eigenvalue weighted by molar-refractivity contribution is 0.654. The second-order valence-corrected chi connectivity index (χ2v) is 3.77. The Labute approximate surface area is 98.1 Å². The number of hydrogen-bond acceptors (Lipinski definition) is 4. The lowest BCUT2D eigenvalue weighted by atomic mass is 10.4. The van der Waals surface area contributed by atoms with Gasteiger partial charge in [0.15, 0.2) is 0 Å². The molecule has 0 fully saturated rings. The molecule has 0 spiro atoms. The number of nitrogens with zero attached hydrogens (tertiary/aromatic N) is 5. The van der Waals surface area contributed by atoms with Gasteiger partial charge in [-0.05, 0) is 6.92 Å². The van der Waals surface area contributed by atoms with E-state index in [1.807, 2.05) is 24.0 Å². The van der Waals surface area contributed by atoms with Gasteiger partial charge in [0.05, 0.1) is 12.7 Å². The molecular weight excluding hydrogens is 224 g/mol. The van der Waals surface area contributed by atoms with Crippen molar-refractivity contribution in [2.45, 2.75) is 20.0 Å². The fourth-order valence-electron chi connectivity index (χ4n) is 1.33. The van der Waals surface area contributed by atoms with Gasteiger partial charge in [0, 0.05) is 18.3 Å². The Morgan fingerprint density at radius 2 is 2.31 bits per heavy atom. The van der Waals surface area contributed by atoms with Crippen LogP contribution in [0.15, 0.2) is 18.7 Å². The third kappa shape index (κ3) is 2.25. The topological polar surface area (TPSA) is 74.5 Å². The average Bonchev–Trinajstić information content (AvgIpc) is 2.87. The van der Waals surface area contributed by atoms with E-state index in [0.717, 1.165) is 12.1 Å². The van der Waals surface area contributed by atoms with E-state index in [9.17, 15) is 0 Å². The van der Waals surface area contributed by atoms with Crippen LogP contribution in [-0.4, -0.2) is 29.5 Å². The van der Waals surface area contributed by atoms with E-state index in [0.29, 0.717) is 12.4 Å². The molecule has 2 rings (SSSR count). The van der Waals surface area contributed by atoms with E-state index in [2.05, 4.69) is 15.2 Å². The molecule has 6 nitrogen and oxygen atoms in total. The highest BCUT2D eigenvalue weighted by Gasteiger charge is 2.04. The van der Waals surface area contributed by atoms with Crippen LogP contribution in [-0.2, 0) is 13.1 Å². The normalized spacial score (nSPS) is 10.6. The van der Waals surface area contributed by atoms with E-state index < -0.39 is 0 Å². The molecule has 2 N–H and O–H groups in total. The summed E-state index contributed by atoms with van der Waals surface area (Å²) in [5.74, 6) is 0.401. The minimum atomic E-state index is 0.211. The maximum absolute atomic E-state index is 5.42. The maximum atomic E-state index is 5.42. The summed E-state index contributed by atoms with van der Waals surface area (Å²) in [6, 6.07) is 0. The predicted molar refractivity (Wildman–Crippen MR) is 62.9 cm³/mol. The zero-order valence-electron chi connectivity index (χ0n) is 8.87. The average molecular weight is 236 g/mol. The summed E-state index contributed by atoms with van der Waals surface area (Å²) >= 11 is 4.79. The van der Waals surface area contributed by atoms with Gasteiger partial charge < -0.3 is 5.73 Å². The van der Waals surface area contributed by atoms with Crippen LogP contribution < -0.4 is 5.73 Å². The minimum absolute atomic E-state index is 0.211. The van der Waals surface area contributed by atoms with Crippen molar-refractivity contribution in [1.29, 1.82) is 0 Å². The van der Waals surface area contributed by atoms with Crippen LogP contribution in [0.1, 0.15) is 18.3 Å².